The number of methoxy groups -OCH3 is 3. The molecular weight excluding hydrogens is 341 g/mol. The van der Waals surface area contributed by atoms with E-state index in [1.165, 1.54) is 33.5 Å². The predicted molar refractivity (Wildman–Crippen MR) is 90.5 cm³/mol. The molecule has 5 nitrogen and oxygen atoms in total. The van der Waals surface area contributed by atoms with E-state index in [-0.39, 0.29) is 16.0 Å². The highest BCUT2D eigenvalue weighted by molar-refractivity contribution is 6.37. The maximum Gasteiger partial charge on any atom is 0.255 e. The Labute approximate surface area is 144 Å². The number of halogens is 2. The largest absolute Gasteiger partial charge is 0.494 e. The van der Waals surface area contributed by atoms with Crippen molar-refractivity contribution in [3.63, 3.8) is 0 Å². The van der Waals surface area contributed by atoms with E-state index >= 15 is 0 Å². The van der Waals surface area contributed by atoms with Crippen LogP contribution in [0.3, 0.4) is 0 Å². The van der Waals surface area contributed by atoms with Gasteiger partial charge < -0.3 is 19.5 Å². The zero-order valence-electron chi connectivity index (χ0n) is 12.8. The van der Waals surface area contributed by atoms with E-state index in [2.05, 4.69) is 5.32 Å². The summed E-state index contributed by atoms with van der Waals surface area (Å²) in [7, 11) is 4.51. The summed E-state index contributed by atoms with van der Waals surface area (Å²) in [6, 6.07) is 8.03. The van der Waals surface area contributed by atoms with Gasteiger partial charge in [-0.1, -0.05) is 23.2 Å². The third kappa shape index (κ3) is 3.81. The highest BCUT2D eigenvalue weighted by Gasteiger charge is 2.14. The Morgan fingerprint density at radius 2 is 1.52 bits per heavy atom. The quantitative estimate of drug-likeness (QED) is 0.869. The number of benzene rings is 2. The van der Waals surface area contributed by atoms with E-state index in [9.17, 15) is 4.79 Å². The van der Waals surface area contributed by atoms with Gasteiger partial charge >= 0.3 is 0 Å². The van der Waals surface area contributed by atoms with Crippen molar-refractivity contribution in [2.45, 2.75) is 0 Å². The van der Waals surface area contributed by atoms with E-state index in [0.29, 0.717) is 28.5 Å². The first-order chi connectivity index (χ1) is 11.0. The van der Waals surface area contributed by atoms with Crippen LogP contribution in [0.1, 0.15) is 10.4 Å². The molecule has 2 aromatic rings. The van der Waals surface area contributed by atoms with Crippen LogP contribution < -0.4 is 19.5 Å². The third-order valence-corrected chi connectivity index (χ3v) is 3.67. The summed E-state index contributed by atoms with van der Waals surface area (Å²) in [5.41, 5.74) is 0.867. The standard InChI is InChI=1S/C16H15Cl2NO4/c1-21-13-5-4-10(8-14(13)22-2)19-16(20)9-6-11(17)15(23-3)12(18)7-9/h4-8H,1-3H3,(H,19,20). The van der Waals surface area contributed by atoms with Gasteiger partial charge in [0.25, 0.3) is 5.91 Å². The molecule has 0 heterocycles. The van der Waals surface area contributed by atoms with E-state index in [1.54, 1.807) is 18.2 Å². The number of rotatable bonds is 5. The van der Waals surface area contributed by atoms with Crippen molar-refractivity contribution in [3.8, 4) is 17.2 Å². The molecule has 0 unspecified atom stereocenters. The molecule has 0 aliphatic rings. The maximum absolute atomic E-state index is 12.3. The topological polar surface area (TPSA) is 56.8 Å². The number of carbonyl (C=O) groups is 1. The van der Waals surface area contributed by atoms with Crippen LogP contribution in [-0.2, 0) is 0 Å². The fourth-order valence-electron chi connectivity index (χ4n) is 2.00. The number of nitrogens with one attached hydrogen (secondary N) is 1. The van der Waals surface area contributed by atoms with E-state index in [4.69, 9.17) is 37.4 Å². The molecule has 7 heteroatoms. The van der Waals surface area contributed by atoms with E-state index in [0.717, 1.165) is 0 Å². The Morgan fingerprint density at radius 1 is 0.913 bits per heavy atom. The number of anilines is 1. The smallest absolute Gasteiger partial charge is 0.255 e. The maximum atomic E-state index is 12.3. The first-order valence-electron chi connectivity index (χ1n) is 6.56. The fourth-order valence-corrected chi connectivity index (χ4v) is 2.64. The molecule has 0 spiro atoms. The van der Waals surface area contributed by atoms with Crippen molar-refractivity contribution < 1.29 is 19.0 Å². The number of hydrogen-bond donors (Lipinski definition) is 1. The van der Waals surface area contributed by atoms with Crippen molar-refractivity contribution in [2.24, 2.45) is 0 Å². The van der Waals surface area contributed by atoms with Crippen LogP contribution in [0, 0.1) is 0 Å². The van der Waals surface area contributed by atoms with Crippen LogP contribution in [0.25, 0.3) is 0 Å². The summed E-state index contributed by atoms with van der Waals surface area (Å²) in [6.45, 7) is 0. The molecule has 2 rings (SSSR count). The van der Waals surface area contributed by atoms with Crippen molar-refractivity contribution in [1.82, 2.24) is 0 Å². The summed E-state index contributed by atoms with van der Waals surface area (Å²) < 4.78 is 15.4. The van der Waals surface area contributed by atoms with Crippen LogP contribution in [0.15, 0.2) is 30.3 Å². The summed E-state index contributed by atoms with van der Waals surface area (Å²) in [5.74, 6) is 1.05. The predicted octanol–water partition coefficient (Wildman–Crippen LogP) is 4.27. The van der Waals surface area contributed by atoms with Gasteiger partial charge in [0.15, 0.2) is 17.2 Å². The van der Waals surface area contributed by atoms with Crippen LogP contribution in [0.4, 0.5) is 5.69 Å². The molecule has 0 radical (unpaired) electrons. The minimum atomic E-state index is -0.358. The van der Waals surface area contributed by atoms with Gasteiger partial charge in [-0.05, 0) is 24.3 Å². The Morgan fingerprint density at radius 3 is 2.04 bits per heavy atom. The van der Waals surface area contributed by atoms with Crippen molar-refractivity contribution in [3.05, 3.63) is 45.9 Å². The van der Waals surface area contributed by atoms with Gasteiger partial charge in [-0.3, -0.25) is 4.79 Å². The molecule has 0 aliphatic carbocycles. The fraction of sp³-hybridized carbons (Fsp3) is 0.188. The van der Waals surface area contributed by atoms with Crippen LogP contribution in [-0.4, -0.2) is 27.2 Å². The lowest BCUT2D eigenvalue weighted by atomic mass is 10.2. The molecule has 23 heavy (non-hydrogen) atoms. The monoisotopic (exact) mass is 355 g/mol. The highest BCUT2D eigenvalue weighted by Crippen LogP contribution is 2.34. The van der Waals surface area contributed by atoms with Crippen LogP contribution >= 0.6 is 23.2 Å². The minimum absolute atomic E-state index is 0.262. The van der Waals surface area contributed by atoms with E-state index in [1.807, 2.05) is 0 Å². The number of amides is 1. The second kappa shape index (κ2) is 7.44. The summed E-state index contributed by atoms with van der Waals surface area (Å²) in [6.07, 6.45) is 0. The van der Waals surface area contributed by atoms with Gasteiger partial charge in [0.05, 0.1) is 31.4 Å². The Balaban J connectivity index is 2.26. The molecular formula is C16H15Cl2NO4. The van der Waals surface area contributed by atoms with Gasteiger partial charge in [-0.25, -0.2) is 0 Å². The van der Waals surface area contributed by atoms with Gasteiger partial charge in [0.2, 0.25) is 0 Å². The first-order valence-corrected chi connectivity index (χ1v) is 7.32. The van der Waals surface area contributed by atoms with E-state index < -0.39 is 0 Å². The second-order valence-corrected chi connectivity index (χ2v) is 5.31. The molecule has 1 N–H and O–H groups in total. The second-order valence-electron chi connectivity index (χ2n) is 4.50. The van der Waals surface area contributed by atoms with Crippen molar-refractivity contribution >= 4 is 34.8 Å². The van der Waals surface area contributed by atoms with Gasteiger partial charge in [0, 0.05) is 17.3 Å². The lowest BCUT2D eigenvalue weighted by molar-refractivity contribution is 0.102. The SMILES string of the molecule is COc1ccc(NC(=O)c2cc(Cl)c(OC)c(Cl)c2)cc1OC. The average Bonchev–Trinajstić information content (AvgIpc) is 2.54. The van der Waals surface area contributed by atoms with Gasteiger partial charge in [-0.15, -0.1) is 0 Å². The zero-order chi connectivity index (χ0) is 17.0. The molecule has 0 bridgehead atoms. The lowest BCUT2D eigenvalue weighted by Gasteiger charge is -2.12. The summed E-state index contributed by atoms with van der Waals surface area (Å²) in [5, 5.41) is 3.27. The van der Waals surface area contributed by atoms with Gasteiger partial charge in [0.1, 0.15) is 0 Å². The Hall–Kier alpha value is -2.11. The molecule has 1 amide bonds. The molecule has 0 atom stereocenters. The Kier molecular flexibility index (Phi) is 5.58. The van der Waals surface area contributed by atoms with Crippen LogP contribution in [0.2, 0.25) is 10.0 Å². The zero-order valence-corrected chi connectivity index (χ0v) is 14.3. The number of ether oxygens (including phenoxy) is 3. The summed E-state index contributed by atoms with van der Waals surface area (Å²) in [4.78, 5) is 12.3. The molecule has 0 aliphatic heterocycles. The Bertz CT molecular complexity index is 711. The third-order valence-electron chi connectivity index (χ3n) is 3.11. The summed E-state index contributed by atoms with van der Waals surface area (Å²) >= 11 is 12.1. The molecule has 122 valence electrons. The normalized spacial score (nSPS) is 10.1. The molecule has 2 aromatic carbocycles. The minimum Gasteiger partial charge on any atom is -0.494 e. The molecule has 0 fully saturated rings. The van der Waals surface area contributed by atoms with Crippen molar-refractivity contribution in [1.29, 1.82) is 0 Å². The molecule has 0 saturated heterocycles. The highest BCUT2D eigenvalue weighted by atomic mass is 35.5. The van der Waals surface area contributed by atoms with Crippen molar-refractivity contribution in [2.75, 3.05) is 26.6 Å². The molecule has 0 saturated carbocycles. The number of hydrogen-bond acceptors (Lipinski definition) is 4. The van der Waals surface area contributed by atoms with Gasteiger partial charge in [-0.2, -0.15) is 0 Å². The number of carbonyl (C=O) groups excluding carboxylic acids is 1. The lowest BCUT2D eigenvalue weighted by Crippen LogP contribution is -2.12. The average molecular weight is 356 g/mol. The molecule has 0 aromatic heterocycles. The van der Waals surface area contributed by atoms with Crippen LogP contribution in [0.5, 0.6) is 17.2 Å². The first kappa shape index (κ1) is 17.2.